The molecule has 0 radical (unpaired) electrons. The lowest BCUT2D eigenvalue weighted by molar-refractivity contribution is 0.622. The number of hydrogen-bond donors (Lipinski definition) is 0. The quantitative estimate of drug-likeness (QED) is 0.518. The summed E-state index contributed by atoms with van der Waals surface area (Å²) in [7, 11) is 0. The molecule has 0 rings (SSSR count). The molecule has 0 fully saturated rings. The van der Waals surface area contributed by atoms with Gasteiger partial charge in [0.25, 0.3) is 0 Å². The Morgan fingerprint density at radius 2 is 2.12 bits per heavy atom. The van der Waals surface area contributed by atoms with Crippen LogP contribution in [0.25, 0.3) is 0 Å². The van der Waals surface area contributed by atoms with Crippen molar-refractivity contribution < 1.29 is 0 Å². The Labute approximate surface area is 57.6 Å². The highest BCUT2D eigenvalue weighted by atomic mass is 35.5. The van der Waals surface area contributed by atoms with Crippen molar-refractivity contribution in [1.82, 2.24) is 0 Å². The standard InChI is InChI=1S/C6H14BCl/c1-4-6(2)5-7(3)8/h6H,4-5H2,1-3H3. The molecular weight excluding hydrogens is 118 g/mol. The van der Waals surface area contributed by atoms with Gasteiger partial charge in [0.05, 0.1) is 0 Å². The van der Waals surface area contributed by atoms with Crippen LogP contribution in [-0.2, 0) is 0 Å². The molecule has 0 N–H and O–H groups in total. The molecule has 0 aliphatic rings. The zero-order valence-corrected chi connectivity index (χ0v) is 6.70. The van der Waals surface area contributed by atoms with Crippen LogP contribution in [0.3, 0.4) is 0 Å². The Bertz CT molecular complexity index is 54.5. The Hall–Kier alpha value is 0.355. The molecule has 0 aromatic carbocycles. The first-order chi connectivity index (χ1) is 3.66. The van der Waals surface area contributed by atoms with E-state index >= 15 is 0 Å². The molecule has 0 nitrogen and oxygen atoms in total. The summed E-state index contributed by atoms with van der Waals surface area (Å²) in [6.45, 7) is 6.48. The molecule has 0 bridgehead atoms. The van der Waals surface area contributed by atoms with Gasteiger partial charge in [-0.2, -0.15) is 11.5 Å². The maximum absolute atomic E-state index is 5.75. The Morgan fingerprint density at radius 3 is 2.25 bits per heavy atom. The van der Waals surface area contributed by atoms with Crippen LogP contribution in [0.2, 0.25) is 13.1 Å². The van der Waals surface area contributed by atoms with Crippen LogP contribution in [0, 0.1) is 5.92 Å². The fourth-order valence-corrected chi connectivity index (χ4v) is 1.03. The van der Waals surface area contributed by atoms with Crippen LogP contribution in [0.4, 0.5) is 0 Å². The predicted molar refractivity (Wildman–Crippen MR) is 41.7 cm³/mol. The molecule has 0 aliphatic heterocycles. The van der Waals surface area contributed by atoms with Gasteiger partial charge < -0.3 is 0 Å². The van der Waals surface area contributed by atoms with E-state index in [-0.39, 0.29) is 0 Å². The molecule has 0 aliphatic carbocycles. The fraction of sp³-hybridized carbons (Fsp3) is 1.00. The molecule has 0 aromatic heterocycles. The summed E-state index contributed by atoms with van der Waals surface area (Å²) < 4.78 is 0. The predicted octanol–water partition coefficient (Wildman–Crippen LogP) is 2.89. The van der Waals surface area contributed by atoms with Gasteiger partial charge in [-0.05, 0) is 5.92 Å². The van der Waals surface area contributed by atoms with E-state index in [4.69, 9.17) is 11.5 Å². The van der Waals surface area contributed by atoms with Gasteiger partial charge in [-0.1, -0.05) is 33.4 Å². The molecule has 2 heteroatoms. The van der Waals surface area contributed by atoms with Crippen molar-refractivity contribution in [3.05, 3.63) is 0 Å². The SMILES string of the molecule is CCC(C)CB(C)Cl. The van der Waals surface area contributed by atoms with E-state index in [9.17, 15) is 0 Å². The average molecular weight is 132 g/mol. The van der Waals surface area contributed by atoms with E-state index in [1.807, 2.05) is 6.82 Å². The van der Waals surface area contributed by atoms with E-state index in [1.165, 1.54) is 6.42 Å². The molecule has 8 heavy (non-hydrogen) atoms. The molecule has 0 spiro atoms. The van der Waals surface area contributed by atoms with Crippen molar-refractivity contribution in [3.8, 4) is 0 Å². The highest BCUT2D eigenvalue weighted by molar-refractivity contribution is 7.06. The van der Waals surface area contributed by atoms with Gasteiger partial charge in [0.2, 0.25) is 6.13 Å². The Morgan fingerprint density at radius 1 is 1.62 bits per heavy atom. The minimum Gasteiger partial charge on any atom is -0.196 e. The second kappa shape index (κ2) is 4.26. The lowest BCUT2D eigenvalue weighted by atomic mass is 9.70. The van der Waals surface area contributed by atoms with E-state index in [1.54, 1.807) is 0 Å². The summed E-state index contributed by atoms with van der Waals surface area (Å²) in [5.41, 5.74) is 0. The molecule has 0 amide bonds. The third-order valence-electron chi connectivity index (χ3n) is 1.42. The monoisotopic (exact) mass is 132 g/mol. The average Bonchev–Trinajstić information content (AvgIpc) is 1.65. The highest BCUT2D eigenvalue weighted by Crippen LogP contribution is 2.11. The maximum Gasteiger partial charge on any atom is 0.247 e. The normalized spacial score (nSPS) is 13.5. The fourth-order valence-electron chi connectivity index (χ4n) is 0.721. The first-order valence-electron chi connectivity index (χ1n) is 3.30. The van der Waals surface area contributed by atoms with Crippen molar-refractivity contribution in [2.75, 3.05) is 0 Å². The molecule has 0 heterocycles. The summed E-state index contributed by atoms with van der Waals surface area (Å²) in [4.78, 5) is 0. The van der Waals surface area contributed by atoms with Crippen molar-refractivity contribution in [2.45, 2.75) is 33.4 Å². The topological polar surface area (TPSA) is 0 Å². The van der Waals surface area contributed by atoms with Crippen LogP contribution in [0.1, 0.15) is 20.3 Å². The second-order valence-corrected chi connectivity index (χ2v) is 3.27. The molecule has 0 aromatic rings. The van der Waals surface area contributed by atoms with Crippen LogP contribution in [0.15, 0.2) is 0 Å². The molecule has 1 unspecified atom stereocenters. The minimum atomic E-state index is 0.352. The van der Waals surface area contributed by atoms with Gasteiger partial charge in [0, 0.05) is 0 Å². The molecular formula is C6H14BCl. The van der Waals surface area contributed by atoms with Gasteiger partial charge in [0.1, 0.15) is 0 Å². The van der Waals surface area contributed by atoms with Gasteiger partial charge in [0.15, 0.2) is 0 Å². The smallest absolute Gasteiger partial charge is 0.196 e. The van der Waals surface area contributed by atoms with E-state index in [0.717, 1.165) is 12.2 Å². The van der Waals surface area contributed by atoms with Crippen LogP contribution in [-0.4, -0.2) is 6.13 Å². The Kier molecular flexibility index (Phi) is 4.44. The summed E-state index contributed by atoms with van der Waals surface area (Å²) in [5, 5.41) is 0. The van der Waals surface area contributed by atoms with Gasteiger partial charge in [-0.15, -0.1) is 0 Å². The lowest BCUT2D eigenvalue weighted by Gasteiger charge is -2.05. The third-order valence-corrected chi connectivity index (χ3v) is 1.60. The minimum absolute atomic E-state index is 0.352. The maximum atomic E-state index is 5.75. The van der Waals surface area contributed by atoms with Crippen molar-refractivity contribution in [1.29, 1.82) is 0 Å². The molecule has 0 saturated carbocycles. The van der Waals surface area contributed by atoms with E-state index < -0.39 is 0 Å². The van der Waals surface area contributed by atoms with E-state index in [2.05, 4.69) is 13.8 Å². The first-order valence-corrected chi connectivity index (χ1v) is 3.74. The second-order valence-electron chi connectivity index (χ2n) is 2.53. The highest BCUT2D eigenvalue weighted by Gasteiger charge is 2.06. The zero-order valence-electron chi connectivity index (χ0n) is 5.95. The number of halogens is 1. The van der Waals surface area contributed by atoms with E-state index in [0.29, 0.717) is 6.13 Å². The lowest BCUT2D eigenvalue weighted by Crippen LogP contribution is -2.02. The van der Waals surface area contributed by atoms with Gasteiger partial charge in [-0.25, -0.2) is 0 Å². The summed E-state index contributed by atoms with van der Waals surface area (Å²) in [6.07, 6.45) is 2.75. The molecule has 1 atom stereocenters. The van der Waals surface area contributed by atoms with Crippen LogP contribution >= 0.6 is 11.5 Å². The summed E-state index contributed by atoms with van der Waals surface area (Å²) in [5.74, 6) is 0.794. The van der Waals surface area contributed by atoms with Crippen LogP contribution < -0.4 is 0 Å². The third kappa shape index (κ3) is 4.51. The first kappa shape index (κ1) is 8.35. The summed E-state index contributed by atoms with van der Waals surface area (Å²) >= 11 is 5.75. The number of rotatable bonds is 3. The summed E-state index contributed by atoms with van der Waals surface area (Å²) in [6, 6.07) is 0. The van der Waals surface area contributed by atoms with Gasteiger partial charge >= 0.3 is 0 Å². The number of hydrogen-bond acceptors (Lipinski definition) is 0. The Balaban J connectivity index is 3.10. The molecule has 0 saturated heterocycles. The largest absolute Gasteiger partial charge is 0.247 e. The van der Waals surface area contributed by atoms with Gasteiger partial charge in [-0.3, -0.25) is 0 Å². The van der Waals surface area contributed by atoms with Crippen molar-refractivity contribution in [2.24, 2.45) is 5.92 Å². The molecule has 48 valence electrons. The van der Waals surface area contributed by atoms with Crippen molar-refractivity contribution >= 4 is 17.6 Å². The zero-order chi connectivity index (χ0) is 6.57. The van der Waals surface area contributed by atoms with Crippen LogP contribution in [0.5, 0.6) is 0 Å². The van der Waals surface area contributed by atoms with Crippen molar-refractivity contribution in [3.63, 3.8) is 0 Å².